The highest BCUT2D eigenvalue weighted by molar-refractivity contribution is 9.10. The molecule has 0 saturated heterocycles. The van der Waals surface area contributed by atoms with Gasteiger partial charge in [0.1, 0.15) is 11.8 Å². The Morgan fingerprint density at radius 1 is 1.25 bits per heavy atom. The summed E-state index contributed by atoms with van der Waals surface area (Å²) in [5.74, 6) is 0.0425. The number of benzene rings is 2. The van der Waals surface area contributed by atoms with Crippen molar-refractivity contribution in [3.8, 4) is 17.6 Å². The lowest BCUT2D eigenvalue weighted by atomic mass is 10.2. The summed E-state index contributed by atoms with van der Waals surface area (Å²) in [6.45, 7) is 0.761. The van der Waals surface area contributed by atoms with Crippen molar-refractivity contribution in [3.63, 3.8) is 0 Å². The molecule has 0 saturated carbocycles. The zero-order valence-corrected chi connectivity index (χ0v) is 12.4. The summed E-state index contributed by atoms with van der Waals surface area (Å²) in [7, 11) is 1.87. The summed E-state index contributed by atoms with van der Waals surface area (Å²) in [5.41, 5.74) is 1.35. The fourth-order valence-electron chi connectivity index (χ4n) is 1.70. The second-order valence-electron chi connectivity index (χ2n) is 4.13. The highest BCUT2D eigenvalue weighted by atomic mass is 79.9. The number of rotatable bonds is 4. The lowest BCUT2D eigenvalue weighted by molar-refractivity contribution is 0.440. The molecule has 0 heterocycles. The zero-order valence-electron chi connectivity index (χ0n) is 10.8. The molecule has 0 unspecified atom stereocenters. The Morgan fingerprint density at radius 2 is 1.95 bits per heavy atom. The molecule has 0 fully saturated rings. The SMILES string of the molecule is CNCc1ccc(Oc2ccc(C#N)c(Br)c2F)cc1. The van der Waals surface area contributed by atoms with Crippen molar-refractivity contribution in [3.05, 3.63) is 57.8 Å². The maximum Gasteiger partial charge on any atom is 0.181 e. The van der Waals surface area contributed by atoms with Gasteiger partial charge in [-0.3, -0.25) is 0 Å². The van der Waals surface area contributed by atoms with Gasteiger partial charge in [-0.05, 0) is 52.8 Å². The van der Waals surface area contributed by atoms with E-state index in [2.05, 4.69) is 21.2 Å². The van der Waals surface area contributed by atoms with Crippen LogP contribution in [-0.4, -0.2) is 7.05 Å². The minimum absolute atomic E-state index is 0.0808. The van der Waals surface area contributed by atoms with Gasteiger partial charge >= 0.3 is 0 Å². The molecule has 2 aromatic rings. The first kappa shape index (κ1) is 14.5. The van der Waals surface area contributed by atoms with Crippen molar-refractivity contribution in [2.75, 3.05) is 7.05 Å². The second kappa shape index (κ2) is 6.51. The van der Waals surface area contributed by atoms with E-state index < -0.39 is 5.82 Å². The van der Waals surface area contributed by atoms with Gasteiger partial charge in [-0.25, -0.2) is 4.39 Å². The van der Waals surface area contributed by atoms with Gasteiger partial charge in [0.2, 0.25) is 0 Å². The fraction of sp³-hybridized carbons (Fsp3) is 0.133. The first-order valence-corrected chi connectivity index (χ1v) is 6.74. The highest BCUT2D eigenvalue weighted by Crippen LogP contribution is 2.31. The average molecular weight is 335 g/mol. The van der Waals surface area contributed by atoms with Crippen LogP contribution in [0.5, 0.6) is 11.5 Å². The van der Waals surface area contributed by atoms with Crippen LogP contribution in [-0.2, 0) is 6.54 Å². The van der Waals surface area contributed by atoms with E-state index in [4.69, 9.17) is 10.00 Å². The highest BCUT2D eigenvalue weighted by Gasteiger charge is 2.12. The first-order chi connectivity index (χ1) is 9.65. The standard InChI is InChI=1S/C15H12BrFN2O/c1-19-9-10-2-5-12(6-3-10)20-13-7-4-11(8-18)14(16)15(13)17/h2-7,19H,9H2,1H3. The molecule has 0 aliphatic rings. The van der Waals surface area contributed by atoms with Gasteiger partial charge in [0.15, 0.2) is 11.6 Å². The molecule has 0 bridgehead atoms. The zero-order chi connectivity index (χ0) is 14.5. The number of nitrogens with one attached hydrogen (secondary N) is 1. The van der Waals surface area contributed by atoms with Crippen LogP contribution >= 0.6 is 15.9 Å². The summed E-state index contributed by atoms with van der Waals surface area (Å²) >= 11 is 3.05. The minimum Gasteiger partial charge on any atom is -0.454 e. The number of nitrogens with zero attached hydrogens (tertiary/aromatic N) is 1. The van der Waals surface area contributed by atoms with Gasteiger partial charge in [0, 0.05) is 6.54 Å². The molecule has 102 valence electrons. The largest absolute Gasteiger partial charge is 0.454 e. The van der Waals surface area contributed by atoms with Crippen LogP contribution in [0.1, 0.15) is 11.1 Å². The van der Waals surface area contributed by atoms with E-state index in [1.807, 2.05) is 25.2 Å². The van der Waals surface area contributed by atoms with Crippen LogP contribution < -0.4 is 10.1 Å². The van der Waals surface area contributed by atoms with Gasteiger partial charge in [-0.15, -0.1) is 0 Å². The quantitative estimate of drug-likeness (QED) is 0.919. The molecule has 0 aromatic heterocycles. The molecule has 2 aromatic carbocycles. The van der Waals surface area contributed by atoms with E-state index in [1.54, 1.807) is 12.1 Å². The fourth-order valence-corrected chi connectivity index (χ4v) is 2.12. The smallest absolute Gasteiger partial charge is 0.181 e. The monoisotopic (exact) mass is 334 g/mol. The number of halogens is 2. The Hall–Kier alpha value is -1.90. The normalized spacial score (nSPS) is 10.1. The van der Waals surface area contributed by atoms with Crippen molar-refractivity contribution >= 4 is 15.9 Å². The molecule has 1 N–H and O–H groups in total. The third-order valence-electron chi connectivity index (χ3n) is 2.70. The van der Waals surface area contributed by atoms with Gasteiger partial charge in [-0.1, -0.05) is 12.1 Å². The molecule has 0 aliphatic carbocycles. The van der Waals surface area contributed by atoms with Gasteiger partial charge in [0.25, 0.3) is 0 Å². The van der Waals surface area contributed by atoms with Crippen LogP contribution in [0.3, 0.4) is 0 Å². The van der Waals surface area contributed by atoms with Gasteiger partial charge < -0.3 is 10.1 Å². The van der Waals surface area contributed by atoms with Crippen LogP contribution in [0.25, 0.3) is 0 Å². The van der Waals surface area contributed by atoms with Crippen molar-refractivity contribution < 1.29 is 9.13 Å². The lowest BCUT2D eigenvalue weighted by Gasteiger charge is -2.09. The van der Waals surface area contributed by atoms with Gasteiger partial charge in [-0.2, -0.15) is 5.26 Å². The molecule has 2 rings (SSSR count). The van der Waals surface area contributed by atoms with Crippen molar-refractivity contribution in [1.82, 2.24) is 5.32 Å². The molecule has 0 amide bonds. The number of hydrogen-bond donors (Lipinski definition) is 1. The maximum atomic E-state index is 14.0. The molecule has 5 heteroatoms. The van der Waals surface area contributed by atoms with E-state index in [9.17, 15) is 4.39 Å². The minimum atomic E-state index is -0.580. The van der Waals surface area contributed by atoms with Gasteiger partial charge in [0.05, 0.1) is 10.0 Å². The van der Waals surface area contributed by atoms with Crippen LogP contribution in [0.4, 0.5) is 4.39 Å². The Bertz CT molecular complexity index is 650. The summed E-state index contributed by atoms with van der Waals surface area (Å²) in [6, 6.07) is 12.2. The van der Waals surface area contributed by atoms with Crippen molar-refractivity contribution in [2.24, 2.45) is 0 Å². The Balaban J connectivity index is 2.22. The number of ether oxygens (including phenoxy) is 1. The predicted octanol–water partition coefficient (Wildman–Crippen LogP) is 3.97. The molecule has 0 spiro atoms. The Labute approximate surface area is 125 Å². The Kier molecular flexibility index (Phi) is 4.72. The molecule has 0 atom stereocenters. The van der Waals surface area contributed by atoms with E-state index in [-0.39, 0.29) is 15.8 Å². The molecule has 20 heavy (non-hydrogen) atoms. The number of nitriles is 1. The summed E-state index contributed by atoms with van der Waals surface area (Å²) in [5, 5.41) is 11.9. The van der Waals surface area contributed by atoms with Crippen LogP contribution in [0.15, 0.2) is 40.9 Å². The lowest BCUT2D eigenvalue weighted by Crippen LogP contribution is -2.04. The average Bonchev–Trinajstić information content (AvgIpc) is 2.46. The van der Waals surface area contributed by atoms with Crippen molar-refractivity contribution in [2.45, 2.75) is 6.54 Å². The first-order valence-electron chi connectivity index (χ1n) is 5.95. The van der Waals surface area contributed by atoms with E-state index >= 15 is 0 Å². The molecule has 0 radical (unpaired) electrons. The molecule has 0 aliphatic heterocycles. The summed E-state index contributed by atoms with van der Waals surface area (Å²) in [4.78, 5) is 0. The maximum absolute atomic E-state index is 14.0. The van der Waals surface area contributed by atoms with E-state index in [1.165, 1.54) is 12.1 Å². The second-order valence-corrected chi connectivity index (χ2v) is 4.92. The Morgan fingerprint density at radius 3 is 2.55 bits per heavy atom. The topological polar surface area (TPSA) is 45.0 Å². The molecular weight excluding hydrogens is 323 g/mol. The summed E-state index contributed by atoms with van der Waals surface area (Å²) < 4.78 is 19.6. The van der Waals surface area contributed by atoms with E-state index in [0.29, 0.717) is 5.75 Å². The third kappa shape index (κ3) is 3.16. The predicted molar refractivity (Wildman–Crippen MR) is 78.1 cm³/mol. The van der Waals surface area contributed by atoms with Crippen molar-refractivity contribution in [1.29, 1.82) is 5.26 Å². The molecule has 3 nitrogen and oxygen atoms in total. The molecular formula is C15H12BrFN2O. The van der Waals surface area contributed by atoms with Crippen LogP contribution in [0, 0.1) is 17.1 Å². The van der Waals surface area contributed by atoms with E-state index in [0.717, 1.165) is 12.1 Å². The third-order valence-corrected chi connectivity index (χ3v) is 3.47. The summed E-state index contributed by atoms with van der Waals surface area (Å²) in [6.07, 6.45) is 0. The van der Waals surface area contributed by atoms with Crippen LogP contribution in [0.2, 0.25) is 0 Å². The number of hydrogen-bond acceptors (Lipinski definition) is 3.